The van der Waals surface area contributed by atoms with Gasteiger partial charge in [0.15, 0.2) is 0 Å². The maximum Gasteiger partial charge on any atom is 0.255 e. The van der Waals surface area contributed by atoms with E-state index in [4.69, 9.17) is 4.74 Å². The molecule has 0 N–H and O–H groups in total. The number of aromatic nitrogens is 1. The van der Waals surface area contributed by atoms with Gasteiger partial charge in [0.05, 0.1) is 24.8 Å². The van der Waals surface area contributed by atoms with Crippen LogP contribution < -0.4 is 0 Å². The number of carbonyl (C=O) groups excluding carboxylic acids is 1. The molecule has 1 aliphatic rings. The molecule has 0 saturated carbocycles. The summed E-state index contributed by atoms with van der Waals surface area (Å²) in [5, 5.41) is 0.892. The minimum atomic E-state index is -0.0561. The van der Waals surface area contributed by atoms with Crippen LogP contribution in [0.4, 0.5) is 0 Å². The van der Waals surface area contributed by atoms with Gasteiger partial charge in [0.2, 0.25) is 0 Å². The summed E-state index contributed by atoms with van der Waals surface area (Å²) in [7, 11) is 0. The summed E-state index contributed by atoms with van der Waals surface area (Å²) in [6.07, 6.45) is 1.75. The van der Waals surface area contributed by atoms with Gasteiger partial charge in [-0.1, -0.05) is 42.5 Å². The fraction of sp³-hybridized carbons (Fsp3) is 0.200. The Kier molecular flexibility index (Phi) is 3.97. The van der Waals surface area contributed by atoms with Gasteiger partial charge < -0.3 is 9.64 Å². The normalized spacial score (nSPS) is 17.8. The van der Waals surface area contributed by atoms with Crippen molar-refractivity contribution in [3.63, 3.8) is 0 Å². The Bertz CT molecular complexity index is 858. The maximum absolute atomic E-state index is 13.2. The molecule has 1 atom stereocenters. The van der Waals surface area contributed by atoms with E-state index in [9.17, 15) is 4.79 Å². The first kappa shape index (κ1) is 14.8. The second-order valence-electron chi connectivity index (χ2n) is 5.88. The molecule has 3 aromatic rings. The van der Waals surface area contributed by atoms with E-state index < -0.39 is 0 Å². The van der Waals surface area contributed by atoms with Crippen LogP contribution in [0, 0.1) is 0 Å². The number of pyridine rings is 1. The summed E-state index contributed by atoms with van der Waals surface area (Å²) in [5.74, 6) is 0.0331. The summed E-state index contributed by atoms with van der Waals surface area (Å²) in [4.78, 5) is 19.5. The number of nitrogens with zero attached hydrogens (tertiary/aromatic N) is 2. The molecular formula is C20H18N2O2. The van der Waals surface area contributed by atoms with E-state index in [0.717, 1.165) is 16.5 Å². The molecule has 2 aromatic carbocycles. The maximum atomic E-state index is 13.2. The zero-order valence-corrected chi connectivity index (χ0v) is 13.3. The van der Waals surface area contributed by atoms with Gasteiger partial charge in [-0.05, 0) is 23.8 Å². The molecule has 120 valence electrons. The van der Waals surface area contributed by atoms with E-state index in [-0.39, 0.29) is 11.9 Å². The predicted octanol–water partition coefficient (Wildman–Crippen LogP) is 3.45. The van der Waals surface area contributed by atoms with Crippen LogP contribution in [-0.4, -0.2) is 35.5 Å². The Morgan fingerprint density at radius 2 is 1.92 bits per heavy atom. The Hall–Kier alpha value is -2.72. The number of carbonyl (C=O) groups is 1. The number of hydrogen-bond donors (Lipinski definition) is 0. The number of ether oxygens (including phenoxy) is 1. The standard InChI is InChI=1S/C20H18N2O2/c23-20(17-8-4-10-18-16(17)9-5-11-21-18)22-12-13-24-14-19(22)15-6-2-1-3-7-15/h1-11,19H,12-14H2/t19-/m1/s1. The van der Waals surface area contributed by atoms with Crippen LogP contribution in [0.25, 0.3) is 10.9 Å². The number of morpholine rings is 1. The van der Waals surface area contributed by atoms with Crippen molar-refractivity contribution in [2.45, 2.75) is 6.04 Å². The van der Waals surface area contributed by atoms with Crippen molar-refractivity contribution >= 4 is 16.8 Å². The SMILES string of the molecule is O=C(c1cccc2ncccc12)N1CCOC[C@@H]1c1ccccc1. The second kappa shape index (κ2) is 6.42. The lowest BCUT2D eigenvalue weighted by atomic mass is 10.0. The molecule has 1 saturated heterocycles. The Balaban J connectivity index is 1.74. The lowest BCUT2D eigenvalue weighted by molar-refractivity contribution is -0.00258. The molecule has 0 radical (unpaired) electrons. The fourth-order valence-electron chi connectivity index (χ4n) is 3.24. The topological polar surface area (TPSA) is 42.4 Å². The summed E-state index contributed by atoms with van der Waals surface area (Å²) in [5.41, 5.74) is 2.64. The number of benzene rings is 2. The van der Waals surface area contributed by atoms with Crippen LogP contribution in [0.1, 0.15) is 22.0 Å². The van der Waals surface area contributed by atoms with Gasteiger partial charge in [-0.3, -0.25) is 9.78 Å². The monoisotopic (exact) mass is 318 g/mol. The summed E-state index contributed by atoms with van der Waals surface area (Å²) < 4.78 is 5.63. The first-order valence-corrected chi connectivity index (χ1v) is 8.12. The minimum Gasteiger partial charge on any atom is -0.377 e. The number of amides is 1. The quantitative estimate of drug-likeness (QED) is 0.727. The molecule has 1 amide bonds. The van der Waals surface area contributed by atoms with Gasteiger partial charge in [0, 0.05) is 23.7 Å². The fourth-order valence-corrected chi connectivity index (χ4v) is 3.24. The molecule has 4 nitrogen and oxygen atoms in total. The lowest BCUT2D eigenvalue weighted by Gasteiger charge is -2.36. The zero-order valence-electron chi connectivity index (χ0n) is 13.3. The van der Waals surface area contributed by atoms with Gasteiger partial charge in [-0.2, -0.15) is 0 Å². The second-order valence-corrected chi connectivity index (χ2v) is 5.88. The third kappa shape index (κ3) is 2.65. The van der Waals surface area contributed by atoms with Gasteiger partial charge in [-0.25, -0.2) is 0 Å². The Labute approximate surface area is 140 Å². The van der Waals surface area contributed by atoms with Crippen molar-refractivity contribution in [1.29, 1.82) is 0 Å². The van der Waals surface area contributed by atoms with Gasteiger partial charge in [0.25, 0.3) is 5.91 Å². The van der Waals surface area contributed by atoms with Gasteiger partial charge in [0.1, 0.15) is 0 Å². The molecule has 24 heavy (non-hydrogen) atoms. The molecule has 4 rings (SSSR count). The minimum absolute atomic E-state index is 0.0331. The molecule has 0 aliphatic carbocycles. The van der Waals surface area contributed by atoms with Crippen molar-refractivity contribution in [1.82, 2.24) is 9.88 Å². The van der Waals surface area contributed by atoms with Gasteiger partial charge in [-0.15, -0.1) is 0 Å². The molecule has 1 aromatic heterocycles. The van der Waals surface area contributed by atoms with Crippen molar-refractivity contribution in [3.8, 4) is 0 Å². The number of fused-ring (bicyclic) bond motifs is 1. The first-order valence-electron chi connectivity index (χ1n) is 8.12. The van der Waals surface area contributed by atoms with Gasteiger partial charge >= 0.3 is 0 Å². The highest BCUT2D eigenvalue weighted by atomic mass is 16.5. The molecular weight excluding hydrogens is 300 g/mol. The molecule has 1 fully saturated rings. The molecule has 1 aliphatic heterocycles. The van der Waals surface area contributed by atoms with Crippen LogP contribution >= 0.6 is 0 Å². The highest BCUT2D eigenvalue weighted by molar-refractivity contribution is 6.06. The van der Waals surface area contributed by atoms with Crippen LogP contribution in [0.15, 0.2) is 66.9 Å². The highest BCUT2D eigenvalue weighted by Crippen LogP contribution is 2.27. The number of hydrogen-bond acceptors (Lipinski definition) is 3. The van der Waals surface area contributed by atoms with Crippen LogP contribution in [0.5, 0.6) is 0 Å². The van der Waals surface area contributed by atoms with Crippen molar-refractivity contribution in [2.75, 3.05) is 19.8 Å². The Morgan fingerprint density at radius 1 is 1.04 bits per heavy atom. The Morgan fingerprint density at radius 3 is 2.79 bits per heavy atom. The van der Waals surface area contributed by atoms with Crippen molar-refractivity contribution in [3.05, 3.63) is 78.0 Å². The van der Waals surface area contributed by atoms with E-state index >= 15 is 0 Å². The van der Waals surface area contributed by atoms with Crippen molar-refractivity contribution in [2.24, 2.45) is 0 Å². The molecule has 0 spiro atoms. The largest absolute Gasteiger partial charge is 0.377 e. The van der Waals surface area contributed by atoms with E-state index in [1.807, 2.05) is 65.6 Å². The van der Waals surface area contributed by atoms with E-state index in [2.05, 4.69) is 4.98 Å². The van der Waals surface area contributed by atoms with Crippen molar-refractivity contribution < 1.29 is 9.53 Å². The highest BCUT2D eigenvalue weighted by Gasteiger charge is 2.29. The smallest absolute Gasteiger partial charge is 0.255 e. The molecule has 2 heterocycles. The average molecular weight is 318 g/mol. The van der Waals surface area contributed by atoms with Crippen LogP contribution in [0.2, 0.25) is 0 Å². The zero-order chi connectivity index (χ0) is 16.4. The van der Waals surface area contributed by atoms with Crippen LogP contribution in [-0.2, 0) is 4.74 Å². The number of rotatable bonds is 2. The average Bonchev–Trinajstić information content (AvgIpc) is 2.68. The molecule has 0 bridgehead atoms. The van der Waals surface area contributed by atoms with E-state index in [0.29, 0.717) is 25.3 Å². The lowest BCUT2D eigenvalue weighted by Crippen LogP contribution is -2.43. The third-order valence-corrected chi connectivity index (χ3v) is 4.45. The van der Waals surface area contributed by atoms with Crippen LogP contribution in [0.3, 0.4) is 0 Å². The third-order valence-electron chi connectivity index (χ3n) is 4.45. The summed E-state index contributed by atoms with van der Waals surface area (Å²) >= 11 is 0. The first-order chi connectivity index (χ1) is 11.8. The molecule has 4 heteroatoms. The molecule has 0 unspecified atom stereocenters. The van der Waals surface area contributed by atoms with E-state index in [1.54, 1.807) is 6.20 Å². The summed E-state index contributed by atoms with van der Waals surface area (Å²) in [6.45, 7) is 1.69. The summed E-state index contributed by atoms with van der Waals surface area (Å²) in [6, 6.07) is 19.5. The van der Waals surface area contributed by atoms with E-state index in [1.165, 1.54) is 0 Å². The predicted molar refractivity (Wildman–Crippen MR) is 92.8 cm³/mol.